The maximum Gasteiger partial charge on any atom is 0.263 e. The number of benzene rings is 1. The summed E-state index contributed by atoms with van der Waals surface area (Å²) in [5.74, 6) is 0.337. The molecule has 0 spiro atoms. The molecular weight excluding hydrogens is 388 g/mol. The Labute approximate surface area is 172 Å². The Morgan fingerprint density at radius 2 is 2.00 bits per heavy atom. The first-order valence-electron chi connectivity index (χ1n) is 9.24. The molecule has 1 atom stereocenters. The van der Waals surface area contributed by atoms with Gasteiger partial charge in [0.15, 0.2) is 5.65 Å². The average Bonchev–Trinajstić information content (AvgIpc) is 3.12. The highest BCUT2D eigenvalue weighted by molar-refractivity contribution is 6.30. The van der Waals surface area contributed by atoms with Crippen LogP contribution < -0.4 is 10.9 Å². The number of aromatic amines is 1. The Morgan fingerprint density at radius 3 is 2.69 bits per heavy atom. The number of fused-ring (bicyclic) bond motifs is 1. The highest BCUT2D eigenvalue weighted by Gasteiger charge is 2.22. The lowest BCUT2D eigenvalue weighted by atomic mass is 10.0. The first-order chi connectivity index (χ1) is 13.8. The van der Waals surface area contributed by atoms with Gasteiger partial charge in [0.25, 0.3) is 5.56 Å². The highest BCUT2D eigenvalue weighted by Crippen LogP contribution is 2.26. The van der Waals surface area contributed by atoms with Crippen molar-refractivity contribution < 1.29 is 0 Å². The number of nitrogens with zero attached hydrogens (tertiary/aromatic N) is 4. The minimum atomic E-state index is -0.346. The van der Waals surface area contributed by atoms with Crippen molar-refractivity contribution in [3.63, 3.8) is 0 Å². The summed E-state index contributed by atoms with van der Waals surface area (Å²) in [4.78, 5) is 24.5. The Balaban J connectivity index is 1.82. The Kier molecular flexibility index (Phi) is 4.84. The third-order valence-corrected chi connectivity index (χ3v) is 4.76. The lowest BCUT2D eigenvalue weighted by Gasteiger charge is -2.21. The van der Waals surface area contributed by atoms with Gasteiger partial charge in [-0.2, -0.15) is 10.1 Å². The van der Waals surface area contributed by atoms with Gasteiger partial charge in [0.2, 0.25) is 5.95 Å². The summed E-state index contributed by atoms with van der Waals surface area (Å²) in [6.07, 6.45) is 3.27. The van der Waals surface area contributed by atoms with Gasteiger partial charge >= 0.3 is 0 Å². The van der Waals surface area contributed by atoms with Gasteiger partial charge in [-0.25, -0.2) is 4.68 Å². The number of aromatic nitrogens is 5. The van der Waals surface area contributed by atoms with Gasteiger partial charge in [-0.15, -0.1) is 0 Å². The molecule has 0 aliphatic rings. The molecule has 0 amide bonds. The van der Waals surface area contributed by atoms with Crippen LogP contribution in [0.25, 0.3) is 11.0 Å². The number of rotatable bonds is 4. The van der Waals surface area contributed by atoms with Crippen LogP contribution in [-0.4, -0.2) is 24.7 Å². The standard InChI is InChI=1S/C21H21ClN6O/c1-21(2,3)28-18-15(12-24-28)19(29)27-20(26-18)25-17(16-9-4-5-10-23-16)13-7-6-8-14(22)11-13/h4-12,17H,1-3H3,(H2,25,26,27,29). The van der Waals surface area contributed by atoms with E-state index in [1.807, 2.05) is 63.2 Å². The van der Waals surface area contributed by atoms with Crippen molar-refractivity contribution in [3.8, 4) is 0 Å². The zero-order valence-electron chi connectivity index (χ0n) is 16.3. The minimum Gasteiger partial charge on any atom is -0.343 e. The van der Waals surface area contributed by atoms with Gasteiger partial charge in [0.05, 0.1) is 23.5 Å². The zero-order valence-corrected chi connectivity index (χ0v) is 17.1. The maximum atomic E-state index is 12.6. The van der Waals surface area contributed by atoms with Gasteiger partial charge < -0.3 is 5.32 Å². The fourth-order valence-corrected chi connectivity index (χ4v) is 3.37. The molecule has 148 valence electrons. The zero-order chi connectivity index (χ0) is 20.6. The fraction of sp³-hybridized carbons (Fsp3) is 0.238. The lowest BCUT2D eigenvalue weighted by molar-refractivity contribution is 0.366. The van der Waals surface area contributed by atoms with E-state index in [0.717, 1.165) is 11.3 Å². The Morgan fingerprint density at radius 1 is 1.17 bits per heavy atom. The normalized spacial score (nSPS) is 12.8. The third-order valence-electron chi connectivity index (χ3n) is 4.52. The molecule has 0 saturated heterocycles. The number of nitrogens with one attached hydrogen (secondary N) is 2. The molecule has 4 rings (SSSR count). The van der Waals surface area contributed by atoms with E-state index in [9.17, 15) is 4.79 Å². The van der Waals surface area contributed by atoms with E-state index in [1.165, 1.54) is 0 Å². The van der Waals surface area contributed by atoms with Gasteiger partial charge in [0.1, 0.15) is 5.39 Å². The molecule has 0 aliphatic heterocycles. The van der Waals surface area contributed by atoms with Crippen molar-refractivity contribution in [3.05, 3.63) is 81.5 Å². The predicted octanol–water partition coefficient (Wildman–Crippen LogP) is 4.12. The summed E-state index contributed by atoms with van der Waals surface area (Å²) >= 11 is 6.21. The van der Waals surface area contributed by atoms with Crippen molar-refractivity contribution >= 4 is 28.6 Å². The van der Waals surface area contributed by atoms with E-state index < -0.39 is 0 Å². The molecule has 0 aliphatic carbocycles. The first-order valence-corrected chi connectivity index (χ1v) is 9.62. The van der Waals surface area contributed by atoms with Crippen LogP contribution in [0.1, 0.15) is 38.1 Å². The van der Waals surface area contributed by atoms with Crippen molar-refractivity contribution in [2.75, 3.05) is 5.32 Å². The molecule has 2 N–H and O–H groups in total. The molecule has 0 radical (unpaired) electrons. The van der Waals surface area contributed by atoms with Crippen LogP contribution in [0, 0.1) is 0 Å². The van der Waals surface area contributed by atoms with Crippen molar-refractivity contribution in [1.29, 1.82) is 0 Å². The maximum absolute atomic E-state index is 12.6. The number of halogens is 1. The van der Waals surface area contributed by atoms with Gasteiger partial charge in [-0.1, -0.05) is 29.8 Å². The topological polar surface area (TPSA) is 88.5 Å². The molecule has 0 bridgehead atoms. The van der Waals surface area contributed by atoms with E-state index in [2.05, 4.69) is 25.4 Å². The molecule has 3 aromatic heterocycles. The molecular formula is C21H21ClN6O. The van der Waals surface area contributed by atoms with Gasteiger partial charge in [0, 0.05) is 11.2 Å². The molecule has 1 unspecified atom stereocenters. The quantitative estimate of drug-likeness (QED) is 0.530. The van der Waals surface area contributed by atoms with Crippen LogP contribution in [-0.2, 0) is 5.54 Å². The van der Waals surface area contributed by atoms with E-state index >= 15 is 0 Å². The summed E-state index contributed by atoms with van der Waals surface area (Å²) in [5.41, 5.74) is 1.64. The first kappa shape index (κ1) is 19.1. The average molecular weight is 409 g/mol. The minimum absolute atomic E-state index is 0.251. The molecule has 4 aromatic rings. The molecule has 0 saturated carbocycles. The molecule has 8 heteroatoms. The largest absolute Gasteiger partial charge is 0.343 e. The summed E-state index contributed by atoms with van der Waals surface area (Å²) in [6.45, 7) is 6.04. The Hall–Kier alpha value is -3.19. The van der Waals surface area contributed by atoms with E-state index in [4.69, 9.17) is 11.6 Å². The monoisotopic (exact) mass is 408 g/mol. The molecule has 0 fully saturated rings. The smallest absolute Gasteiger partial charge is 0.263 e. The summed E-state index contributed by atoms with van der Waals surface area (Å²) in [5, 5.41) is 8.73. The van der Waals surface area contributed by atoms with Crippen LogP contribution in [0.15, 0.2) is 59.7 Å². The molecule has 1 aromatic carbocycles. The second kappa shape index (κ2) is 7.33. The summed E-state index contributed by atoms with van der Waals surface area (Å²) in [6, 6.07) is 12.8. The number of hydrogen-bond donors (Lipinski definition) is 2. The molecule has 7 nitrogen and oxygen atoms in total. The van der Waals surface area contributed by atoms with Crippen LogP contribution in [0.4, 0.5) is 5.95 Å². The number of H-pyrrole nitrogens is 1. The van der Waals surface area contributed by atoms with Gasteiger partial charge in [-0.3, -0.25) is 14.8 Å². The van der Waals surface area contributed by atoms with Crippen LogP contribution in [0.3, 0.4) is 0 Å². The van der Waals surface area contributed by atoms with Crippen LogP contribution in [0.5, 0.6) is 0 Å². The van der Waals surface area contributed by atoms with Crippen molar-refractivity contribution in [2.24, 2.45) is 0 Å². The second-order valence-corrected chi connectivity index (χ2v) is 8.20. The summed E-state index contributed by atoms with van der Waals surface area (Å²) in [7, 11) is 0. The van der Waals surface area contributed by atoms with Crippen LogP contribution in [0.2, 0.25) is 5.02 Å². The van der Waals surface area contributed by atoms with E-state index in [-0.39, 0.29) is 17.1 Å². The molecule has 29 heavy (non-hydrogen) atoms. The van der Waals surface area contributed by atoms with Crippen LogP contribution >= 0.6 is 11.6 Å². The highest BCUT2D eigenvalue weighted by atomic mass is 35.5. The van der Waals surface area contributed by atoms with Crippen molar-refractivity contribution in [2.45, 2.75) is 32.4 Å². The number of hydrogen-bond acceptors (Lipinski definition) is 5. The summed E-state index contributed by atoms with van der Waals surface area (Å²) < 4.78 is 1.75. The second-order valence-electron chi connectivity index (χ2n) is 7.77. The van der Waals surface area contributed by atoms with E-state index in [0.29, 0.717) is 22.0 Å². The predicted molar refractivity (Wildman–Crippen MR) is 114 cm³/mol. The van der Waals surface area contributed by atoms with Crippen molar-refractivity contribution in [1.82, 2.24) is 24.7 Å². The third kappa shape index (κ3) is 3.86. The Bertz CT molecular complexity index is 1210. The molecule has 3 heterocycles. The SMILES string of the molecule is CC(C)(C)n1ncc2c(=O)[nH]c(NC(c3cccc(Cl)c3)c3ccccn3)nc21. The number of anilines is 1. The fourth-order valence-electron chi connectivity index (χ4n) is 3.18. The van der Waals surface area contributed by atoms with E-state index in [1.54, 1.807) is 17.1 Å². The number of pyridine rings is 1. The van der Waals surface area contributed by atoms with Gasteiger partial charge in [-0.05, 0) is 50.6 Å². The lowest BCUT2D eigenvalue weighted by Crippen LogP contribution is -2.25.